The van der Waals surface area contributed by atoms with Crippen LogP contribution in [0, 0.1) is 0 Å². The summed E-state index contributed by atoms with van der Waals surface area (Å²) in [7, 11) is 2.98. The van der Waals surface area contributed by atoms with E-state index in [0.717, 1.165) is 10.9 Å². The summed E-state index contributed by atoms with van der Waals surface area (Å²) in [6.45, 7) is 0. The standard InChI is InChI=1S/C24H19NO4/c1-27-19-11-12-22-20(14-19)21(15-23(29-22)16-7-4-3-5-8-16)25-18-10-6-9-17(13-18)24(26)28-2/h3-15H,1-2H3. The van der Waals surface area contributed by atoms with Gasteiger partial charge in [0, 0.05) is 17.0 Å². The SMILES string of the molecule is COC(=O)c1cccc(N=c2cc(-c3ccccc3)oc3ccc(OC)cc23)c1. The molecule has 4 aromatic rings. The van der Waals surface area contributed by atoms with Crippen LogP contribution < -0.4 is 10.1 Å². The van der Waals surface area contributed by atoms with Gasteiger partial charge in [-0.05, 0) is 36.4 Å². The highest BCUT2D eigenvalue weighted by atomic mass is 16.5. The van der Waals surface area contributed by atoms with Crippen LogP contribution in [0.5, 0.6) is 5.75 Å². The molecule has 0 radical (unpaired) electrons. The molecule has 29 heavy (non-hydrogen) atoms. The maximum Gasteiger partial charge on any atom is 0.337 e. The normalized spacial score (nSPS) is 11.4. The Morgan fingerprint density at radius 3 is 2.48 bits per heavy atom. The molecule has 0 saturated heterocycles. The zero-order valence-corrected chi connectivity index (χ0v) is 16.1. The fourth-order valence-corrected chi connectivity index (χ4v) is 3.07. The summed E-state index contributed by atoms with van der Waals surface area (Å²) in [6.07, 6.45) is 0. The summed E-state index contributed by atoms with van der Waals surface area (Å²) >= 11 is 0. The average Bonchev–Trinajstić information content (AvgIpc) is 2.79. The molecule has 4 rings (SSSR count). The van der Waals surface area contributed by atoms with E-state index in [1.807, 2.05) is 60.7 Å². The van der Waals surface area contributed by atoms with E-state index in [4.69, 9.17) is 18.9 Å². The molecule has 144 valence electrons. The van der Waals surface area contributed by atoms with Gasteiger partial charge in [-0.1, -0.05) is 36.4 Å². The molecule has 0 spiro atoms. The molecule has 0 bridgehead atoms. The molecule has 0 unspecified atom stereocenters. The van der Waals surface area contributed by atoms with Gasteiger partial charge in [0.25, 0.3) is 0 Å². The Balaban J connectivity index is 1.96. The van der Waals surface area contributed by atoms with Gasteiger partial charge in [0.1, 0.15) is 17.1 Å². The Labute approximate surface area is 167 Å². The van der Waals surface area contributed by atoms with Crippen molar-refractivity contribution in [3.63, 3.8) is 0 Å². The lowest BCUT2D eigenvalue weighted by atomic mass is 10.1. The highest BCUT2D eigenvalue weighted by Crippen LogP contribution is 2.25. The fourth-order valence-electron chi connectivity index (χ4n) is 3.07. The minimum Gasteiger partial charge on any atom is -0.497 e. The summed E-state index contributed by atoms with van der Waals surface area (Å²) in [6, 6.07) is 24.3. The molecular formula is C24H19NO4. The molecule has 0 fully saturated rings. The Kier molecular flexibility index (Phi) is 5.12. The van der Waals surface area contributed by atoms with E-state index in [0.29, 0.717) is 33.7 Å². The maximum atomic E-state index is 11.9. The molecule has 0 aliphatic rings. The number of carbonyl (C=O) groups excluding carboxylic acids is 1. The zero-order chi connectivity index (χ0) is 20.2. The van der Waals surface area contributed by atoms with Crippen molar-refractivity contribution in [2.45, 2.75) is 0 Å². The second kappa shape index (κ2) is 8.02. The van der Waals surface area contributed by atoms with Crippen LogP contribution in [-0.4, -0.2) is 20.2 Å². The molecule has 3 aromatic carbocycles. The van der Waals surface area contributed by atoms with Crippen LogP contribution in [-0.2, 0) is 4.74 Å². The molecule has 0 atom stereocenters. The number of carbonyl (C=O) groups is 1. The van der Waals surface area contributed by atoms with Gasteiger partial charge >= 0.3 is 5.97 Å². The predicted molar refractivity (Wildman–Crippen MR) is 111 cm³/mol. The highest BCUT2D eigenvalue weighted by Gasteiger charge is 2.09. The van der Waals surface area contributed by atoms with Gasteiger partial charge in [0.15, 0.2) is 0 Å². The smallest absolute Gasteiger partial charge is 0.337 e. The van der Waals surface area contributed by atoms with Gasteiger partial charge in [-0.2, -0.15) is 0 Å². The first-order valence-electron chi connectivity index (χ1n) is 9.08. The van der Waals surface area contributed by atoms with Gasteiger partial charge in [-0.15, -0.1) is 0 Å². The number of benzene rings is 3. The van der Waals surface area contributed by atoms with Crippen molar-refractivity contribution < 1.29 is 18.7 Å². The van der Waals surface area contributed by atoms with E-state index in [-0.39, 0.29) is 0 Å². The molecule has 5 heteroatoms. The highest BCUT2D eigenvalue weighted by molar-refractivity contribution is 5.90. The predicted octanol–water partition coefficient (Wildman–Crippen LogP) is 5.13. The molecule has 0 N–H and O–H groups in total. The lowest BCUT2D eigenvalue weighted by Gasteiger charge is -2.07. The molecule has 0 amide bonds. The Morgan fingerprint density at radius 1 is 0.897 bits per heavy atom. The summed E-state index contributed by atoms with van der Waals surface area (Å²) in [5.74, 6) is 1.01. The second-order valence-corrected chi connectivity index (χ2v) is 6.38. The zero-order valence-electron chi connectivity index (χ0n) is 16.1. The quantitative estimate of drug-likeness (QED) is 0.457. The van der Waals surface area contributed by atoms with Crippen LogP contribution in [0.4, 0.5) is 5.69 Å². The van der Waals surface area contributed by atoms with Gasteiger partial charge in [0.05, 0.1) is 30.8 Å². The van der Waals surface area contributed by atoms with Gasteiger partial charge < -0.3 is 13.9 Å². The van der Waals surface area contributed by atoms with Crippen molar-refractivity contribution in [2.75, 3.05) is 14.2 Å². The Morgan fingerprint density at radius 2 is 1.72 bits per heavy atom. The monoisotopic (exact) mass is 385 g/mol. The molecule has 0 saturated carbocycles. The molecule has 5 nitrogen and oxygen atoms in total. The molecule has 0 aliphatic heterocycles. The summed E-state index contributed by atoms with van der Waals surface area (Å²) < 4.78 is 16.3. The minimum absolute atomic E-state index is 0.401. The fraction of sp³-hybridized carbons (Fsp3) is 0.0833. The number of esters is 1. The minimum atomic E-state index is -0.401. The molecule has 1 heterocycles. The summed E-state index contributed by atoms with van der Waals surface area (Å²) in [5.41, 5.74) is 2.72. The number of methoxy groups -OCH3 is 2. The van der Waals surface area contributed by atoms with Crippen molar-refractivity contribution in [3.8, 4) is 17.1 Å². The number of fused-ring (bicyclic) bond motifs is 1. The lowest BCUT2D eigenvalue weighted by molar-refractivity contribution is 0.0601. The van der Waals surface area contributed by atoms with Gasteiger partial charge in [-0.25, -0.2) is 9.79 Å². The number of rotatable bonds is 4. The number of ether oxygens (including phenoxy) is 2. The third-order valence-electron chi connectivity index (χ3n) is 4.53. The largest absolute Gasteiger partial charge is 0.497 e. The third-order valence-corrected chi connectivity index (χ3v) is 4.53. The first-order chi connectivity index (χ1) is 14.2. The molecular weight excluding hydrogens is 366 g/mol. The van der Waals surface area contributed by atoms with Crippen molar-refractivity contribution >= 4 is 22.6 Å². The number of hydrogen-bond acceptors (Lipinski definition) is 5. The first-order valence-corrected chi connectivity index (χ1v) is 9.08. The van der Waals surface area contributed by atoms with Crippen molar-refractivity contribution in [2.24, 2.45) is 4.99 Å². The van der Waals surface area contributed by atoms with E-state index in [2.05, 4.69) is 0 Å². The van der Waals surface area contributed by atoms with Crippen LogP contribution in [0.15, 0.2) is 88.3 Å². The van der Waals surface area contributed by atoms with E-state index >= 15 is 0 Å². The van der Waals surface area contributed by atoms with E-state index < -0.39 is 5.97 Å². The topological polar surface area (TPSA) is 61.0 Å². The van der Waals surface area contributed by atoms with E-state index in [1.54, 1.807) is 25.3 Å². The van der Waals surface area contributed by atoms with Crippen molar-refractivity contribution in [1.82, 2.24) is 0 Å². The lowest BCUT2D eigenvalue weighted by Crippen LogP contribution is -2.04. The first kappa shape index (κ1) is 18.5. The van der Waals surface area contributed by atoms with Crippen molar-refractivity contribution in [3.05, 3.63) is 89.8 Å². The molecule has 1 aromatic heterocycles. The van der Waals surface area contributed by atoms with Gasteiger partial charge in [-0.3, -0.25) is 0 Å². The summed E-state index contributed by atoms with van der Waals surface area (Å²) in [4.78, 5) is 16.6. The maximum absolute atomic E-state index is 11.9. The van der Waals surface area contributed by atoms with Crippen LogP contribution in [0.25, 0.3) is 22.3 Å². The number of nitrogens with zero attached hydrogens (tertiary/aromatic N) is 1. The van der Waals surface area contributed by atoms with Crippen molar-refractivity contribution in [1.29, 1.82) is 0 Å². The molecule has 0 aliphatic carbocycles. The number of hydrogen-bond donors (Lipinski definition) is 0. The Bertz CT molecular complexity index is 1240. The van der Waals surface area contributed by atoms with Crippen LogP contribution in [0.3, 0.4) is 0 Å². The summed E-state index contributed by atoms with van der Waals surface area (Å²) in [5, 5.41) is 1.53. The third kappa shape index (κ3) is 3.89. The second-order valence-electron chi connectivity index (χ2n) is 6.38. The van der Waals surface area contributed by atoms with Crippen LogP contribution in [0.2, 0.25) is 0 Å². The van der Waals surface area contributed by atoms with Crippen LogP contribution >= 0.6 is 0 Å². The van der Waals surface area contributed by atoms with E-state index in [1.165, 1.54) is 7.11 Å². The Hall–Kier alpha value is -3.86. The van der Waals surface area contributed by atoms with Gasteiger partial charge in [0.2, 0.25) is 0 Å². The van der Waals surface area contributed by atoms with Crippen LogP contribution in [0.1, 0.15) is 10.4 Å². The van der Waals surface area contributed by atoms with E-state index in [9.17, 15) is 4.79 Å². The average molecular weight is 385 g/mol.